The van der Waals surface area contributed by atoms with Crippen molar-refractivity contribution >= 4 is 15.9 Å². The van der Waals surface area contributed by atoms with Gasteiger partial charge in [0, 0.05) is 44.2 Å². The van der Waals surface area contributed by atoms with Crippen molar-refractivity contribution in [3.8, 4) is 0 Å². The van der Waals surface area contributed by atoms with E-state index in [1.54, 1.807) is 4.31 Å². The van der Waals surface area contributed by atoms with Crippen LogP contribution in [0.4, 0.5) is 0 Å². The number of benzene rings is 1. The molecule has 1 N–H and O–H groups in total. The summed E-state index contributed by atoms with van der Waals surface area (Å²) in [7, 11) is -3.59. The van der Waals surface area contributed by atoms with Gasteiger partial charge in [-0.1, -0.05) is 6.07 Å². The Morgan fingerprint density at radius 2 is 1.53 bits per heavy atom. The molecule has 0 unspecified atom stereocenters. The van der Waals surface area contributed by atoms with Gasteiger partial charge in [0.2, 0.25) is 15.9 Å². The summed E-state index contributed by atoms with van der Waals surface area (Å²) in [4.78, 5) is 15.8. The number of aryl methyl sites for hydroxylation is 2. The Morgan fingerprint density at radius 1 is 1.03 bits per heavy atom. The molecule has 2 fully saturated rings. The van der Waals surface area contributed by atoms with Crippen LogP contribution in [0.15, 0.2) is 11.0 Å². The normalized spacial score (nSPS) is 23.8. The molecule has 34 heavy (non-hydrogen) atoms. The molecule has 2 saturated heterocycles. The minimum Gasteiger partial charge on any atom is -0.373 e. The molecule has 2 atom stereocenters. The first-order chi connectivity index (χ1) is 15.7. The molecular formula is C26H43N3O4S. The second-order valence-corrected chi connectivity index (χ2v) is 12.8. The van der Waals surface area contributed by atoms with E-state index < -0.39 is 10.0 Å². The highest BCUT2D eigenvalue weighted by molar-refractivity contribution is 7.89. The van der Waals surface area contributed by atoms with Gasteiger partial charge in [-0.2, -0.15) is 4.31 Å². The van der Waals surface area contributed by atoms with E-state index in [0.29, 0.717) is 37.4 Å². The monoisotopic (exact) mass is 493 g/mol. The summed E-state index contributed by atoms with van der Waals surface area (Å²) in [5.74, 6) is -0.135. The quantitative estimate of drug-likeness (QED) is 0.658. The molecule has 1 amide bonds. The zero-order valence-electron chi connectivity index (χ0n) is 22.2. The maximum Gasteiger partial charge on any atom is 0.243 e. The summed E-state index contributed by atoms with van der Waals surface area (Å²) in [5, 5.41) is 3.15. The van der Waals surface area contributed by atoms with E-state index in [2.05, 4.69) is 37.9 Å². The van der Waals surface area contributed by atoms with Crippen LogP contribution in [0, 0.1) is 33.6 Å². The van der Waals surface area contributed by atoms with Gasteiger partial charge in [-0.15, -0.1) is 0 Å². The van der Waals surface area contributed by atoms with Gasteiger partial charge in [0.05, 0.1) is 17.1 Å². The highest BCUT2D eigenvalue weighted by Gasteiger charge is 2.36. The highest BCUT2D eigenvalue weighted by atomic mass is 32.2. The van der Waals surface area contributed by atoms with Gasteiger partial charge < -0.3 is 10.1 Å². The summed E-state index contributed by atoms with van der Waals surface area (Å²) in [5.41, 5.74) is 3.43. The second kappa shape index (κ2) is 10.2. The zero-order chi connectivity index (χ0) is 25.4. The Morgan fingerprint density at radius 3 is 2.03 bits per heavy atom. The first-order valence-corrected chi connectivity index (χ1v) is 13.9. The Hall–Kier alpha value is -1.48. The first kappa shape index (κ1) is 27.1. The van der Waals surface area contributed by atoms with E-state index in [1.807, 2.05) is 33.8 Å². The summed E-state index contributed by atoms with van der Waals surface area (Å²) < 4.78 is 34.4. The molecule has 0 bridgehead atoms. The van der Waals surface area contributed by atoms with Crippen molar-refractivity contribution in [2.45, 2.75) is 90.9 Å². The van der Waals surface area contributed by atoms with E-state index in [4.69, 9.17) is 4.74 Å². The summed E-state index contributed by atoms with van der Waals surface area (Å²) in [6.07, 6.45) is 1.43. The molecule has 1 aromatic carbocycles. The Balaban J connectivity index is 1.60. The number of hydrogen-bond acceptors (Lipinski definition) is 5. The average molecular weight is 494 g/mol. The van der Waals surface area contributed by atoms with Crippen LogP contribution >= 0.6 is 0 Å². The fourth-order valence-corrected chi connectivity index (χ4v) is 7.33. The van der Waals surface area contributed by atoms with Crippen molar-refractivity contribution in [3.63, 3.8) is 0 Å². The molecule has 1 aromatic rings. The third kappa shape index (κ3) is 5.66. The smallest absolute Gasteiger partial charge is 0.243 e. The lowest BCUT2D eigenvalue weighted by molar-refractivity contribution is -0.127. The molecule has 7 nitrogen and oxygen atoms in total. The molecule has 192 valence electrons. The number of amides is 1. The van der Waals surface area contributed by atoms with Gasteiger partial charge in [0.1, 0.15) is 0 Å². The van der Waals surface area contributed by atoms with E-state index in [-0.39, 0.29) is 29.6 Å². The molecular weight excluding hydrogens is 450 g/mol. The molecule has 0 saturated carbocycles. The Kier molecular flexibility index (Phi) is 8.17. The summed E-state index contributed by atoms with van der Waals surface area (Å²) in [6, 6.07) is 2.04. The van der Waals surface area contributed by atoms with Crippen molar-refractivity contribution in [1.29, 1.82) is 0 Å². The lowest BCUT2D eigenvalue weighted by atomic mass is 9.95. The van der Waals surface area contributed by atoms with Gasteiger partial charge >= 0.3 is 0 Å². The molecule has 0 radical (unpaired) electrons. The maximum atomic E-state index is 13.5. The van der Waals surface area contributed by atoms with Crippen LogP contribution in [0.5, 0.6) is 0 Å². The van der Waals surface area contributed by atoms with E-state index in [0.717, 1.165) is 35.3 Å². The second-order valence-electron chi connectivity index (χ2n) is 11.0. The van der Waals surface area contributed by atoms with Crippen molar-refractivity contribution in [1.82, 2.24) is 14.5 Å². The third-order valence-electron chi connectivity index (χ3n) is 7.69. The van der Waals surface area contributed by atoms with Crippen molar-refractivity contribution in [3.05, 3.63) is 28.3 Å². The molecule has 3 rings (SSSR count). The van der Waals surface area contributed by atoms with E-state index >= 15 is 0 Å². The minimum atomic E-state index is -3.59. The molecule has 0 aromatic heterocycles. The fraction of sp³-hybridized carbons (Fsp3) is 0.731. The number of morpholine rings is 1. The highest BCUT2D eigenvalue weighted by Crippen LogP contribution is 2.31. The van der Waals surface area contributed by atoms with Crippen LogP contribution in [0.2, 0.25) is 0 Å². The molecule has 0 aliphatic carbocycles. The minimum absolute atomic E-state index is 0.0261. The number of carbonyl (C=O) groups excluding carboxylic acids is 1. The van der Waals surface area contributed by atoms with Gasteiger partial charge in [0.25, 0.3) is 0 Å². The number of nitrogens with one attached hydrogen (secondary N) is 1. The molecule has 2 heterocycles. The number of ether oxygens (including phenoxy) is 1. The largest absolute Gasteiger partial charge is 0.373 e. The lowest BCUT2D eigenvalue weighted by Gasteiger charge is -2.45. The van der Waals surface area contributed by atoms with Crippen LogP contribution in [0.25, 0.3) is 0 Å². The standard InChI is InChI=1S/C26H43N3O4S/c1-17-13-18(2)22(6)24(21(17)5)34(31,32)29-11-9-23(10-12-29)25(30)27-16-26(7,8)28-14-19(3)33-20(4)15-28/h13,19-20,23H,9-12,14-16H2,1-8H3,(H,27,30)/t19-,20+. The van der Waals surface area contributed by atoms with Gasteiger partial charge in [-0.25, -0.2) is 8.42 Å². The average Bonchev–Trinajstić information content (AvgIpc) is 2.75. The number of carbonyl (C=O) groups is 1. The SMILES string of the molecule is Cc1cc(C)c(C)c(S(=O)(=O)N2CCC(C(=O)NCC(C)(C)N3C[C@@H](C)O[C@@H](C)C3)CC2)c1C. The van der Waals surface area contributed by atoms with Crippen molar-refractivity contribution in [2.24, 2.45) is 5.92 Å². The Labute approximate surface area is 206 Å². The van der Waals surface area contributed by atoms with Crippen molar-refractivity contribution < 1.29 is 17.9 Å². The first-order valence-electron chi connectivity index (χ1n) is 12.5. The number of nitrogens with zero attached hydrogens (tertiary/aromatic N) is 2. The van der Waals surface area contributed by atoms with Crippen LogP contribution in [0.1, 0.15) is 62.8 Å². The predicted octanol–water partition coefficient (Wildman–Crippen LogP) is 3.32. The van der Waals surface area contributed by atoms with Gasteiger partial charge in [-0.05, 0) is 90.5 Å². The summed E-state index contributed by atoms with van der Waals surface area (Å²) in [6.45, 7) is 19.1. The van der Waals surface area contributed by atoms with Crippen LogP contribution < -0.4 is 5.32 Å². The van der Waals surface area contributed by atoms with Crippen molar-refractivity contribution in [2.75, 3.05) is 32.7 Å². The molecule has 2 aliphatic heterocycles. The lowest BCUT2D eigenvalue weighted by Crippen LogP contribution is -2.59. The third-order valence-corrected chi connectivity index (χ3v) is 9.86. The van der Waals surface area contributed by atoms with Gasteiger partial charge in [-0.3, -0.25) is 9.69 Å². The summed E-state index contributed by atoms with van der Waals surface area (Å²) >= 11 is 0. The fourth-order valence-electron chi connectivity index (χ4n) is 5.29. The number of rotatable bonds is 6. The predicted molar refractivity (Wildman–Crippen MR) is 136 cm³/mol. The van der Waals surface area contributed by atoms with Crippen LogP contribution in [-0.4, -0.2) is 74.0 Å². The van der Waals surface area contributed by atoms with Crippen LogP contribution in [-0.2, 0) is 19.6 Å². The molecule has 0 spiro atoms. The van der Waals surface area contributed by atoms with Gasteiger partial charge in [0.15, 0.2) is 0 Å². The zero-order valence-corrected chi connectivity index (χ0v) is 23.0. The Bertz CT molecular complexity index is 977. The number of sulfonamides is 1. The van der Waals surface area contributed by atoms with Crippen LogP contribution in [0.3, 0.4) is 0 Å². The molecule has 2 aliphatic rings. The maximum absolute atomic E-state index is 13.5. The molecule has 8 heteroatoms. The number of hydrogen-bond donors (Lipinski definition) is 1. The van der Waals surface area contributed by atoms with E-state index in [1.165, 1.54) is 0 Å². The van der Waals surface area contributed by atoms with E-state index in [9.17, 15) is 13.2 Å². The topological polar surface area (TPSA) is 79.0 Å². The number of piperidine rings is 1.